The molecule has 11 heteroatoms. The van der Waals surface area contributed by atoms with Crippen molar-refractivity contribution >= 4 is 17.7 Å². The number of piperidine rings is 1. The van der Waals surface area contributed by atoms with Gasteiger partial charge >= 0.3 is 0 Å². The summed E-state index contributed by atoms with van der Waals surface area (Å²) in [5, 5.41) is 19.2. The number of hydrogen-bond acceptors (Lipinski definition) is 7. The first kappa shape index (κ1) is 31.2. The van der Waals surface area contributed by atoms with Crippen LogP contribution in [0.5, 0.6) is 11.5 Å². The number of aromatic nitrogens is 2. The number of hydrogen-bond donors (Lipinski definition) is 3. The molecule has 0 unspecified atom stereocenters. The smallest absolute Gasteiger partial charge is 0.239 e. The number of amides is 3. The molecule has 2 atom stereocenters. The Labute approximate surface area is 257 Å². The van der Waals surface area contributed by atoms with Crippen LogP contribution in [0.3, 0.4) is 0 Å². The molecule has 11 nitrogen and oxygen atoms in total. The van der Waals surface area contributed by atoms with E-state index in [9.17, 15) is 19.5 Å². The fourth-order valence-electron chi connectivity index (χ4n) is 5.66. The maximum absolute atomic E-state index is 13.4. The highest BCUT2D eigenvalue weighted by molar-refractivity contribution is 5.85. The molecule has 3 aromatic rings. The summed E-state index contributed by atoms with van der Waals surface area (Å²) in [6, 6.07) is 14.9. The van der Waals surface area contributed by atoms with Crippen molar-refractivity contribution in [2.24, 2.45) is 0 Å². The summed E-state index contributed by atoms with van der Waals surface area (Å²) >= 11 is 0. The fraction of sp³-hybridized carbons (Fsp3) is 0.455. The van der Waals surface area contributed by atoms with Gasteiger partial charge in [-0.15, -0.1) is 0 Å². The van der Waals surface area contributed by atoms with E-state index in [0.717, 1.165) is 23.1 Å². The summed E-state index contributed by atoms with van der Waals surface area (Å²) in [7, 11) is 0. The molecule has 0 saturated carbocycles. The van der Waals surface area contributed by atoms with Gasteiger partial charge in [0.05, 0.1) is 31.5 Å². The Bertz CT molecular complexity index is 1380. The van der Waals surface area contributed by atoms with Gasteiger partial charge in [0, 0.05) is 45.3 Å². The van der Waals surface area contributed by atoms with E-state index in [-0.39, 0.29) is 49.9 Å². The molecule has 3 amide bonds. The lowest BCUT2D eigenvalue weighted by Gasteiger charge is -2.39. The van der Waals surface area contributed by atoms with Crippen molar-refractivity contribution in [1.82, 2.24) is 25.3 Å². The van der Waals surface area contributed by atoms with E-state index in [1.807, 2.05) is 54.7 Å². The van der Waals surface area contributed by atoms with E-state index >= 15 is 0 Å². The van der Waals surface area contributed by atoms with Crippen molar-refractivity contribution < 1.29 is 29.0 Å². The van der Waals surface area contributed by atoms with E-state index in [2.05, 4.69) is 15.5 Å². The Hall–Kier alpha value is -4.22. The summed E-state index contributed by atoms with van der Waals surface area (Å²) < 4.78 is 12.4. The average molecular weight is 604 g/mol. The fourth-order valence-corrected chi connectivity index (χ4v) is 5.66. The van der Waals surface area contributed by atoms with Gasteiger partial charge in [-0.1, -0.05) is 24.3 Å². The van der Waals surface area contributed by atoms with Crippen LogP contribution in [0.1, 0.15) is 48.8 Å². The summed E-state index contributed by atoms with van der Waals surface area (Å²) in [5.74, 6) is 0.938. The molecule has 3 aliphatic rings. The third kappa shape index (κ3) is 8.90. The molecule has 234 valence electrons. The second-order valence-electron chi connectivity index (χ2n) is 11.4. The summed E-state index contributed by atoms with van der Waals surface area (Å²) in [4.78, 5) is 43.0. The molecular formula is C33H41N5O6. The lowest BCUT2D eigenvalue weighted by atomic mass is 10.0. The zero-order valence-corrected chi connectivity index (χ0v) is 25.0. The zero-order chi connectivity index (χ0) is 30.7. The van der Waals surface area contributed by atoms with Crippen LogP contribution < -0.4 is 10.1 Å². The van der Waals surface area contributed by atoms with Gasteiger partial charge in [-0.05, 0) is 73.1 Å². The predicted octanol–water partition coefficient (Wildman–Crippen LogP) is 2.98. The van der Waals surface area contributed by atoms with Crippen molar-refractivity contribution in [1.29, 1.82) is 0 Å². The van der Waals surface area contributed by atoms with Gasteiger partial charge in [0.15, 0.2) is 0 Å². The summed E-state index contributed by atoms with van der Waals surface area (Å²) in [6.45, 7) is 1.23. The minimum Gasteiger partial charge on any atom is -0.457 e. The van der Waals surface area contributed by atoms with Crippen LogP contribution >= 0.6 is 0 Å². The first-order valence-electron chi connectivity index (χ1n) is 15.4. The molecule has 3 N–H and O–H groups in total. The number of nitrogens with one attached hydrogen (secondary N) is 2. The number of aryl methyl sites for hydroxylation is 2. The van der Waals surface area contributed by atoms with Gasteiger partial charge in [0.25, 0.3) is 0 Å². The Balaban J connectivity index is 1.31. The monoisotopic (exact) mass is 603 g/mol. The molecule has 4 heterocycles. The number of aliphatic hydroxyl groups is 1. The van der Waals surface area contributed by atoms with Crippen molar-refractivity contribution in [2.75, 3.05) is 32.8 Å². The molecule has 0 radical (unpaired) electrons. The zero-order valence-electron chi connectivity index (χ0n) is 25.0. The standard InChI is InChI=1S/C33H41N5O6/c39-17-3-15-37-22-31(40)36-29-21-38(32(41)7-2-5-26-19-34-35-20-26)16-14-30(29)43-23-25-4-1-6-28(18-25)44-27-11-8-24(9-12-27)10-13-33(37)42/h1,4,6,8-9,11-12,18-20,29-30,39H,2-3,5,7,10,13-17,21-23H2,(H,34,35)(H,36,40)/t29-,30-/m0/s1. The first-order chi connectivity index (χ1) is 21.5. The number of benzene rings is 2. The molecule has 44 heavy (non-hydrogen) atoms. The van der Waals surface area contributed by atoms with Crippen LogP contribution in [0, 0.1) is 0 Å². The Morgan fingerprint density at radius 3 is 2.70 bits per heavy atom. The number of carbonyl (C=O) groups excluding carboxylic acids is 3. The van der Waals surface area contributed by atoms with Gasteiger partial charge in [0.1, 0.15) is 11.5 Å². The maximum atomic E-state index is 13.4. The normalized spacial score (nSPS) is 19.8. The van der Waals surface area contributed by atoms with Crippen molar-refractivity contribution in [2.45, 2.75) is 63.7 Å². The number of H-pyrrole nitrogens is 1. The quantitative estimate of drug-likeness (QED) is 0.378. The van der Waals surface area contributed by atoms with E-state index in [1.165, 1.54) is 4.90 Å². The summed E-state index contributed by atoms with van der Waals surface area (Å²) in [5.41, 5.74) is 2.97. The molecule has 1 saturated heterocycles. The molecule has 3 aliphatic heterocycles. The number of aromatic amines is 1. The predicted molar refractivity (Wildman–Crippen MR) is 163 cm³/mol. The van der Waals surface area contributed by atoms with Gasteiger partial charge in [-0.3, -0.25) is 19.5 Å². The maximum Gasteiger partial charge on any atom is 0.239 e. The van der Waals surface area contributed by atoms with Crippen molar-refractivity contribution in [3.63, 3.8) is 0 Å². The second-order valence-corrected chi connectivity index (χ2v) is 11.4. The molecule has 6 rings (SSSR count). The Morgan fingerprint density at radius 2 is 1.91 bits per heavy atom. The molecule has 4 bridgehead atoms. The van der Waals surface area contributed by atoms with Gasteiger partial charge in [-0.25, -0.2) is 0 Å². The SMILES string of the molecule is O=C1CN(CCCO)C(=O)CCc2ccc(cc2)Oc2cccc(c2)CO[C@H]2CCN(C(=O)CCCc3cn[nH]c3)C[C@@H]2N1. The van der Waals surface area contributed by atoms with Crippen LogP contribution in [0.25, 0.3) is 0 Å². The number of aliphatic hydroxyl groups excluding tert-OH is 1. The highest BCUT2D eigenvalue weighted by atomic mass is 16.5. The lowest BCUT2D eigenvalue weighted by molar-refractivity contribution is -0.139. The Morgan fingerprint density at radius 1 is 1.05 bits per heavy atom. The third-order valence-electron chi connectivity index (χ3n) is 8.08. The average Bonchev–Trinajstić information content (AvgIpc) is 3.55. The van der Waals surface area contributed by atoms with Crippen LogP contribution in [0.2, 0.25) is 0 Å². The van der Waals surface area contributed by atoms with Crippen molar-refractivity contribution in [3.8, 4) is 11.5 Å². The van der Waals surface area contributed by atoms with E-state index in [1.54, 1.807) is 11.1 Å². The number of nitrogens with zero attached hydrogens (tertiary/aromatic N) is 3. The molecule has 1 aromatic heterocycles. The minimum absolute atomic E-state index is 0.0353. The molecule has 1 fully saturated rings. The van der Waals surface area contributed by atoms with E-state index in [4.69, 9.17) is 9.47 Å². The molecule has 2 aromatic carbocycles. The first-order valence-corrected chi connectivity index (χ1v) is 15.4. The lowest BCUT2D eigenvalue weighted by Crippen LogP contribution is -2.58. The molecular weight excluding hydrogens is 562 g/mol. The number of rotatable bonds is 7. The number of carbonyl (C=O) groups is 3. The highest BCUT2D eigenvalue weighted by Crippen LogP contribution is 2.25. The third-order valence-corrected chi connectivity index (χ3v) is 8.08. The number of ether oxygens (including phenoxy) is 2. The van der Waals surface area contributed by atoms with E-state index < -0.39 is 6.04 Å². The van der Waals surface area contributed by atoms with Crippen LogP contribution in [-0.4, -0.2) is 87.8 Å². The topological polar surface area (TPSA) is 137 Å². The van der Waals surface area contributed by atoms with Crippen LogP contribution in [0.4, 0.5) is 0 Å². The van der Waals surface area contributed by atoms with Gasteiger partial charge < -0.3 is 29.7 Å². The van der Waals surface area contributed by atoms with E-state index in [0.29, 0.717) is 63.3 Å². The molecule has 0 aliphatic carbocycles. The van der Waals surface area contributed by atoms with Crippen LogP contribution in [-0.2, 0) is 38.6 Å². The molecule has 0 spiro atoms. The highest BCUT2D eigenvalue weighted by Gasteiger charge is 2.33. The van der Waals surface area contributed by atoms with Gasteiger partial charge in [0.2, 0.25) is 17.7 Å². The number of likely N-dealkylation sites (tertiary alicyclic amines) is 1. The number of fused-ring (bicyclic) bond motifs is 9. The van der Waals surface area contributed by atoms with Crippen LogP contribution in [0.15, 0.2) is 60.9 Å². The minimum atomic E-state index is -0.444. The van der Waals surface area contributed by atoms with Crippen molar-refractivity contribution in [3.05, 3.63) is 77.6 Å². The summed E-state index contributed by atoms with van der Waals surface area (Å²) in [6.07, 6.45) is 6.82. The van der Waals surface area contributed by atoms with Gasteiger partial charge in [-0.2, -0.15) is 5.10 Å². The second kappa shape index (κ2) is 15.5. The Kier molecular flexibility index (Phi) is 11.0. The largest absolute Gasteiger partial charge is 0.457 e.